The molecule has 2 nitrogen and oxygen atoms in total. The molecule has 0 N–H and O–H groups in total. The van der Waals surface area contributed by atoms with Crippen LogP contribution in [0, 0.1) is 0 Å². The number of thiophene rings is 1. The molecule has 1 aromatic rings. The van der Waals surface area contributed by atoms with Gasteiger partial charge in [-0.15, -0.1) is 16.5 Å². The highest BCUT2D eigenvalue weighted by Crippen LogP contribution is 2.06. The van der Waals surface area contributed by atoms with Gasteiger partial charge in [-0.3, -0.25) is 0 Å². The highest BCUT2D eigenvalue weighted by molar-refractivity contribution is 7.11. The molecule has 1 aromatic heterocycles. The highest BCUT2D eigenvalue weighted by atomic mass is 32.1. The zero-order valence-corrected chi connectivity index (χ0v) is 9.39. The molecule has 0 amide bonds. The lowest BCUT2D eigenvalue weighted by Gasteiger charge is -2.11. The van der Waals surface area contributed by atoms with E-state index in [9.17, 15) is 0 Å². The van der Waals surface area contributed by atoms with Crippen molar-refractivity contribution in [1.29, 1.82) is 0 Å². The maximum absolute atomic E-state index is 5.32. The van der Waals surface area contributed by atoms with Crippen molar-refractivity contribution in [3.63, 3.8) is 0 Å². The van der Waals surface area contributed by atoms with Gasteiger partial charge in [-0.2, -0.15) is 0 Å². The van der Waals surface area contributed by atoms with Gasteiger partial charge in [0.1, 0.15) is 0 Å². The summed E-state index contributed by atoms with van der Waals surface area (Å²) in [6, 6.07) is 4.02. The van der Waals surface area contributed by atoms with E-state index in [0.717, 1.165) is 4.88 Å². The summed E-state index contributed by atoms with van der Waals surface area (Å²) in [4.78, 5) is 1.13. The van der Waals surface area contributed by atoms with E-state index in [0.29, 0.717) is 0 Å². The van der Waals surface area contributed by atoms with Crippen LogP contribution in [0.1, 0.15) is 4.88 Å². The molecule has 66 valence electrons. The molecule has 0 aromatic carbocycles. The van der Waals surface area contributed by atoms with Crippen molar-refractivity contribution in [2.45, 2.75) is 19.6 Å². The summed E-state index contributed by atoms with van der Waals surface area (Å²) >= 11 is 1.66. The second-order valence-corrected chi connectivity index (χ2v) is 8.84. The normalized spacial score (nSPS) is 12.2. The molecule has 12 heavy (non-hydrogen) atoms. The Bertz CT molecular complexity index is 251. The molecule has 0 saturated carbocycles. The molecular formula is C8H13NOSSi. The van der Waals surface area contributed by atoms with Gasteiger partial charge < -0.3 is 4.53 Å². The molecule has 0 aliphatic rings. The van der Waals surface area contributed by atoms with Crippen molar-refractivity contribution in [2.75, 3.05) is 0 Å². The zero-order chi connectivity index (χ0) is 9.03. The molecule has 0 unspecified atom stereocenters. The second-order valence-electron chi connectivity index (χ2n) is 3.45. The second kappa shape index (κ2) is 3.87. The van der Waals surface area contributed by atoms with E-state index in [1.165, 1.54) is 0 Å². The third-order valence-electron chi connectivity index (χ3n) is 1.05. The summed E-state index contributed by atoms with van der Waals surface area (Å²) in [7, 11) is -1.48. The average molecular weight is 199 g/mol. The summed E-state index contributed by atoms with van der Waals surface area (Å²) in [5.74, 6) is 0. The minimum Gasteiger partial charge on any atom is -0.456 e. The first-order valence-corrected chi connectivity index (χ1v) is 8.12. The van der Waals surface area contributed by atoms with Crippen molar-refractivity contribution in [3.05, 3.63) is 22.4 Å². The summed E-state index contributed by atoms with van der Waals surface area (Å²) in [5, 5.41) is 5.96. The van der Waals surface area contributed by atoms with Gasteiger partial charge in [0, 0.05) is 4.88 Å². The standard InChI is InChI=1S/C8H13NOSSi/c1-12(2,3)10-9-7-8-5-4-6-11-8/h4-7H,1-3H3/b9-7+. The number of nitrogens with zero attached hydrogens (tertiary/aromatic N) is 1. The number of rotatable bonds is 3. The topological polar surface area (TPSA) is 21.6 Å². The van der Waals surface area contributed by atoms with E-state index in [1.54, 1.807) is 17.6 Å². The lowest BCUT2D eigenvalue weighted by Crippen LogP contribution is -2.22. The van der Waals surface area contributed by atoms with Crippen molar-refractivity contribution >= 4 is 25.9 Å². The van der Waals surface area contributed by atoms with Crippen LogP contribution < -0.4 is 0 Å². The maximum atomic E-state index is 5.32. The summed E-state index contributed by atoms with van der Waals surface area (Å²) < 4.78 is 5.32. The van der Waals surface area contributed by atoms with Crippen LogP contribution in [0.25, 0.3) is 0 Å². The van der Waals surface area contributed by atoms with E-state index < -0.39 is 8.32 Å². The zero-order valence-electron chi connectivity index (χ0n) is 7.57. The first-order chi connectivity index (χ1) is 5.58. The summed E-state index contributed by atoms with van der Waals surface area (Å²) in [6.07, 6.45) is 1.77. The number of hydrogen-bond donors (Lipinski definition) is 0. The Balaban J connectivity index is 2.42. The lowest BCUT2D eigenvalue weighted by molar-refractivity contribution is 0.338. The Kier molecular flexibility index (Phi) is 3.05. The monoisotopic (exact) mass is 199 g/mol. The average Bonchev–Trinajstić information content (AvgIpc) is 2.36. The molecular weight excluding hydrogens is 186 g/mol. The molecule has 0 aliphatic heterocycles. The molecule has 1 heterocycles. The third-order valence-corrected chi connectivity index (χ3v) is 2.51. The van der Waals surface area contributed by atoms with Crippen molar-refractivity contribution in [1.82, 2.24) is 0 Å². The SMILES string of the molecule is C[Si](C)(C)O/N=C/c1cccs1. The van der Waals surface area contributed by atoms with Gasteiger partial charge in [0.25, 0.3) is 8.32 Å². The van der Waals surface area contributed by atoms with Gasteiger partial charge in [0.15, 0.2) is 0 Å². The van der Waals surface area contributed by atoms with Gasteiger partial charge in [-0.05, 0) is 31.1 Å². The Morgan fingerprint density at radius 1 is 1.50 bits per heavy atom. The fraction of sp³-hybridized carbons (Fsp3) is 0.375. The lowest BCUT2D eigenvalue weighted by atomic mass is 10.5. The smallest absolute Gasteiger partial charge is 0.278 e. The van der Waals surface area contributed by atoms with E-state index >= 15 is 0 Å². The van der Waals surface area contributed by atoms with E-state index in [-0.39, 0.29) is 0 Å². The molecule has 0 atom stereocenters. The maximum Gasteiger partial charge on any atom is 0.278 e. The van der Waals surface area contributed by atoms with Gasteiger partial charge in [-0.1, -0.05) is 6.07 Å². The van der Waals surface area contributed by atoms with E-state index in [2.05, 4.69) is 24.8 Å². The molecule has 0 aliphatic carbocycles. The largest absolute Gasteiger partial charge is 0.456 e. The Morgan fingerprint density at radius 2 is 2.25 bits per heavy atom. The Hall–Kier alpha value is -0.613. The van der Waals surface area contributed by atoms with Gasteiger partial charge >= 0.3 is 0 Å². The van der Waals surface area contributed by atoms with Gasteiger partial charge in [0.05, 0.1) is 6.21 Å². The van der Waals surface area contributed by atoms with Crippen LogP contribution in [-0.4, -0.2) is 14.5 Å². The fourth-order valence-electron chi connectivity index (χ4n) is 0.601. The van der Waals surface area contributed by atoms with Crippen LogP contribution in [0.15, 0.2) is 22.7 Å². The van der Waals surface area contributed by atoms with Crippen LogP contribution in [0.5, 0.6) is 0 Å². The highest BCUT2D eigenvalue weighted by Gasteiger charge is 2.15. The molecule has 0 fully saturated rings. The molecule has 0 radical (unpaired) electrons. The van der Waals surface area contributed by atoms with Crippen LogP contribution in [0.3, 0.4) is 0 Å². The summed E-state index contributed by atoms with van der Waals surface area (Å²) in [6.45, 7) is 6.33. The Morgan fingerprint density at radius 3 is 2.75 bits per heavy atom. The molecule has 0 bridgehead atoms. The van der Waals surface area contributed by atoms with Crippen molar-refractivity contribution in [2.24, 2.45) is 5.16 Å². The minimum absolute atomic E-state index is 1.13. The van der Waals surface area contributed by atoms with Crippen LogP contribution in [-0.2, 0) is 4.53 Å². The molecule has 1 rings (SSSR count). The van der Waals surface area contributed by atoms with Crippen LogP contribution >= 0.6 is 11.3 Å². The van der Waals surface area contributed by atoms with Crippen molar-refractivity contribution < 1.29 is 4.53 Å². The summed E-state index contributed by atoms with van der Waals surface area (Å²) in [5.41, 5.74) is 0. The first kappa shape index (κ1) is 9.47. The van der Waals surface area contributed by atoms with Crippen molar-refractivity contribution in [3.8, 4) is 0 Å². The third kappa shape index (κ3) is 3.68. The molecule has 0 saturated heterocycles. The fourth-order valence-corrected chi connectivity index (χ4v) is 1.55. The predicted octanol–water partition coefficient (Wildman–Crippen LogP) is 2.93. The molecule has 0 spiro atoms. The Labute approximate surface area is 78.0 Å². The van der Waals surface area contributed by atoms with Gasteiger partial charge in [-0.25, -0.2) is 0 Å². The molecule has 4 heteroatoms. The predicted molar refractivity (Wildman–Crippen MR) is 56.3 cm³/mol. The minimum atomic E-state index is -1.48. The number of hydrogen-bond acceptors (Lipinski definition) is 3. The van der Waals surface area contributed by atoms with Gasteiger partial charge in [0.2, 0.25) is 0 Å². The van der Waals surface area contributed by atoms with E-state index in [4.69, 9.17) is 4.53 Å². The quantitative estimate of drug-likeness (QED) is 0.417. The first-order valence-electron chi connectivity index (χ1n) is 3.83. The number of oxime groups is 1. The van der Waals surface area contributed by atoms with Crippen LogP contribution in [0.2, 0.25) is 19.6 Å². The van der Waals surface area contributed by atoms with E-state index in [1.807, 2.05) is 17.5 Å². The van der Waals surface area contributed by atoms with Crippen LogP contribution in [0.4, 0.5) is 0 Å².